The van der Waals surface area contributed by atoms with Crippen molar-refractivity contribution in [2.24, 2.45) is 5.73 Å². The minimum Gasteiger partial charge on any atom is -0.366 e. The molecule has 0 bridgehead atoms. The van der Waals surface area contributed by atoms with Gasteiger partial charge in [0.05, 0.1) is 19.1 Å². The van der Waals surface area contributed by atoms with Crippen LogP contribution in [-0.2, 0) is 5.31 Å². The van der Waals surface area contributed by atoms with Gasteiger partial charge in [-0.1, -0.05) is 18.2 Å². The zero-order valence-electron chi connectivity index (χ0n) is 14.2. The summed E-state index contributed by atoms with van der Waals surface area (Å²) in [6.07, 6.45) is 3.40. The molecule has 1 fully saturated rings. The Morgan fingerprint density at radius 3 is 2.88 bits per heavy atom. The van der Waals surface area contributed by atoms with Gasteiger partial charge in [-0.2, -0.15) is 5.10 Å². The molecule has 3 N–H and O–H groups in total. The van der Waals surface area contributed by atoms with Crippen LogP contribution in [0.25, 0.3) is 16.6 Å². The molecule has 2 heterocycles. The van der Waals surface area contributed by atoms with Crippen LogP contribution in [0.1, 0.15) is 28.8 Å². The predicted molar refractivity (Wildman–Crippen MR) is 99.1 cm³/mol. The Kier molecular flexibility index (Phi) is 4.03. The lowest BCUT2D eigenvalue weighted by molar-refractivity contribution is 0.100. The van der Waals surface area contributed by atoms with E-state index in [9.17, 15) is 9.18 Å². The number of nitrogens with zero attached hydrogens (tertiary/aromatic N) is 2. The van der Waals surface area contributed by atoms with Gasteiger partial charge >= 0.3 is 0 Å². The van der Waals surface area contributed by atoms with E-state index < -0.39 is 11.2 Å². The van der Waals surface area contributed by atoms with Crippen molar-refractivity contribution in [3.05, 3.63) is 59.5 Å². The first kappa shape index (κ1) is 16.8. The van der Waals surface area contributed by atoms with E-state index in [0.29, 0.717) is 28.9 Å². The van der Waals surface area contributed by atoms with Crippen LogP contribution in [0.15, 0.2) is 42.6 Å². The first-order valence-corrected chi connectivity index (χ1v) is 8.56. The lowest BCUT2D eigenvalue weighted by Gasteiger charge is -2.35. The number of carbonyl (C=O) groups is 1. The summed E-state index contributed by atoms with van der Waals surface area (Å²) in [4.78, 5) is 11.6. The van der Waals surface area contributed by atoms with Gasteiger partial charge < -0.3 is 11.1 Å². The monoisotopic (exact) mass is 348 g/mol. The molecule has 7 heteroatoms. The van der Waals surface area contributed by atoms with Crippen LogP contribution in [0.5, 0.6) is 0 Å². The van der Waals surface area contributed by atoms with Gasteiger partial charge in [-0.05, 0) is 55.0 Å². The number of hydrogen-bond donors (Lipinski definition) is 2. The standard InChI is InChI=1S/C19H18BFN4O/c20-19(7-2-8-23-11-19)15-6-5-13(9-16(15)21)25-10-12-3-1-4-14(18(22)26)17(12)24-25/h1,3-6,9-10,23H,2,7-8,11H2,(H2,22,26). The Morgan fingerprint density at radius 2 is 2.19 bits per heavy atom. The molecule has 1 aliphatic rings. The van der Waals surface area contributed by atoms with E-state index in [1.807, 2.05) is 6.07 Å². The van der Waals surface area contributed by atoms with Gasteiger partial charge in [-0.15, -0.1) is 0 Å². The minimum atomic E-state index is -0.700. The van der Waals surface area contributed by atoms with Crippen molar-refractivity contribution in [3.8, 4) is 5.69 Å². The SMILES string of the molecule is [B]C1(c2ccc(-n3cc4cccc(C(N)=O)c4n3)cc2F)CCCNC1. The summed E-state index contributed by atoms with van der Waals surface area (Å²) in [5, 5.41) is 7.70. The smallest absolute Gasteiger partial charge is 0.250 e. The molecule has 0 saturated carbocycles. The summed E-state index contributed by atoms with van der Waals surface area (Å²) in [6.45, 7) is 1.46. The zero-order valence-corrected chi connectivity index (χ0v) is 14.2. The van der Waals surface area contributed by atoms with Gasteiger partial charge in [0.15, 0.2) is 0 Å². The third-order valence-electron chi connectivity index (χ3n) is 4.97. The number of fused-ring (bicyclic) bond motifs is 1. The lowest BCUT2D eigenvalue weighted by atomic mass is 9.60. The van der Waals surface area contributed by atoms with Crippen LogP contribution in [0, 0.1) is 5.82 Å². The average Bonchev–Trinajstić information content (AvgIpc) is 3.06. The molecule has 26 heavy (non-hydrogen) atoms. The van der Waals surface area contributed by atoms with Crippen LogP contribution >= 0.6 is 0 Å². The third kappa shape index (κ3) is 2.78. The molecule has 3 aromatic rings. The number of halogens is 1. The molecule has 2 radical (unpaired) electrons. The summed E-state index contributed by atoms with van der Waals surface area (Å²) in [6, 6.07) is 10.1. The molecule has 2 aromatic carbocycles. The molecule has 1 unspecified atom stereocenters. The quantitative estimate of drug-likeness (QED) is 0.712. The second-order valence-electron chi connectivity index (χ2n) is 6.78. The number of aromatic nitrogens is 2. The average molecular weight is 348 g/mol. The number of rotatable bonds is 3. The van der Waals surface area contributed by atoms with E-state index in [2.05, 4.69) is 10.4 Å². The first-order chi connectivity index (χ1) is 12.5. The number of amides is 1. The molecule has 5 nitrogen and oxygen atoms in total. The highest BCUT2D eigenvalue weighted by molar-refractivity contribution is 6.16. The fraction of sp³-hybridized carbons (Fsp3) is 0.263. The molecule has 4 rings (SSSR count). The number of piperidine rings is 1. The van der Waals surface area contributed by atoms with Crippen molar-refractivity contribution in [1.82, 2.24) is 15.1 Å². The summed E-state index contributed by atoms with van der Waals surface area (Å²) < 4.78 is 16.4. The van der Waals surface area contributed by atoms with Gasteiger partial charge in [0.2, 0.25) is 0 Å². The second-order valence-corrected chi connectivity index (χ2v) is 6.78. The van der Waals surface area contributed by atoms with Gasteiger partial charge in [0.25, 0.3) is 5.91 Å². The lowest BCUT2D eigenvalue weighted by Crippen LogP contribution is -2.44. The Morgan fingerprint density at radius 1 is 1.35 bits per heavy atom. The number of nitrogens with one attached hydrogen (secondary N) is 1. The molecule has 130 valence electrons. The molecule has 0 aliphatic carbocycles. The molecule has 1 saturated heterocycles. The van der Waals surface area contributed by atoms with E-state index in [4.69, 9.17) is 13.6 Å². The van der Waals surface area contributed by atoms with Gasteiger partial charge in [-0.3, -0.25) is 4.79 Å². The minimum absolute atomic E-state index is 0.340. The Hall–Kier alpha value is -2.67. The fourth-order valence-corrected chi connectivity index (χ4v) is 3.59. The molecule has 1 aliphatic heterocycles. The summed E-state index contributed by atoms with van der Waals surface area (Å²) in [7, 11) is 6.41. The van der Waals surface area contributed by atoms with E-state index in [1.54, 1.807) is 35.1 Å². The molecule has 1 amide bonds. The van der Waals surface area contributed by atoms with Gasteiger partial charge in [-0.25, -0.2) is 9.07 Å². The number of primary amides is 1. The van der Waals surface area contributed by atoms with Crippen molar-refractivity contribution in [1.29, 1.82) is 0 Å². The van der Waals surface area contributed by atoms with E-state index in [1.165, 1.54) is 6.07 Å². The molecule has 0 spiro atoms. The fourth-order valence-electron chi connectivity index (χ4n) is 3.59. The van der Waals surface area contributed by atoms with Gasteiger partial charge in [0.1, 0.15) is 11.3 Å². The topological polar surface area (TPSA) is 72.9 Å². The van der Waals surface area contributed by atoms with Crippen LogP contribution in [-0.4, -0.2) is 36.6 Å². The maximum atomic E-state index is 14.8. The van der Waals surface area contributed by atoms with Gasteiger partial charge in [0, 0.05) is 11.6 Å². The highest BCUT2D eigenvalue weighted by Gasteiger charge is 2.30. The first-order valence-electron chi connectivity index (χ1n) is 8.56. The van der Waals surface area contributed by atoms with Crippen molar-refractivity contribution >= 4 is 24.7 Å². The molecular formula is C19H18BFN4O. The summed E-state index contributed by atoms with van der Waals surface area (Å²) >= 11 is 0. The second kappa shape index (κ2) is 6.25. The van der Waals surface area contributed by atoms with Crippen LogP contribution in [0.3, 0.4) is 0 Å². The van der Waals surface area contributed by atoms with E-state index in [-0.39, 0.29) is 5.82 Å². The Bertz CT molecular complexity index is 994. The summed E-state index contributed by atoms with van der Waals surface area (Å²) in [5.41, 5.74) is 7.30. The number of benzene rings is 2. The molecule has 1 atom stereocenters. The molecular weight excluding hydrogens is 330 g/mol. The zero-order chi connectivity index (χ0) is 18.3. The Labute approximate surface area is 151 Å². The highest BCUT2D eigenvalue weighted by Crippen LogP contribution is 2.31. The number of hydrogen-bond acceptors (Lipinski definition) is 3. The predicted octanol–water partition coefficient (Wildman–Crippen LogP) is 2.01. The van der Waals surface area contributed by atoms with Crippen molar-refractivity contribution in [2.45, 2.75) is 18.2 Å². The maximum Gasteiger partial charge on any atom is 0.250 e. The maximum absolute atomic E-state index is 14.8. The van der Waals surface area contributed by atoms with Crippen molar-refractivity contribution in [3.63, 3.8) is 0 Å². The normalized spacial score (nSPS) is 20.3. The highest BCUT2D eigenvalue weighted by atomic mass is 19.1. The Balaban J connectivity index is 1.75. The van der Waals surface area contributed by atoms with Crippen molar-refractivity contribution < 1.29 is 9.18 Å². The van der Waals surface area contributed by atoms with Crippen molar-refractivity contribution in [2.75, 3.05) is 13.1 Å². The summed E-state index contributed by atoms with van der Waals surface area (Å²) in [5.74, 6) is -0.902. The number of carbonyl (C=O) groups excluding carboxylic acids is 1. The van der Waals surface area contributed by atoms with Crippen LogP contribution in [0.2, 0.25) is 0 Å². The third-order valence-corrected chi connectivity index (χ3v) is 4.97. The molecule has 1 aromatic heterocycles. The van der Waals surface area contributed by atoms with E-state index >= 15 is 0 Å². The number of nitrogens with two attached hydrogens (primary N) is 1. The van der Waals surface area contributed by atoms with E-state index in [0.717, 1.165) is 24.8 Å². The van der Waals surface area contributed by atoms with Crippen LogP contribution < -0.4 is 11.1 Å². The van der Waals surface area contributed by atoms with Crippen LogP contribution in [0.4, 0.5) is 4.39 Å². The largest absolute Gasteiger partial charge is 0.366 e.